The Labute approximate surface area is 107 Å². The van der Waals surface area contributed by atoms with E-state index in [1.165, 1.54) is 6.07 Å². The van der Waals surface area contributed by atoms with Crippen LogP contribution in [0.25, 0.3) is 0 Å². The van der Waals surface area contributed by atoms with Crippen LogP contribution in [0.4, 0.5) is 10.1 Å². The molecule has 1 aromatic rings. The van der Waals surface area contributed by atoms with Crippen LogP contribution >= 0.6 is 0 Å². The van der Waals surface area contributed by atoms with Gasteiger partial charge in [-0.25, -0.2) is 4.39 Å². The molecular formula is C14H19FN2O. The van der Waals surface area contributed by atoms with Crippen molar-refractivity contribution >= 4 is 11.6 Å². The number of halogens is 1. The molecule has 3 nitrogen and oxygen atoms in total. The van der Waals surface area contributed by atoms with Crippen molar-refractivity contribution in [1.82, 2.24) is 5.32 Å². The summed E-state index contributed by atoms with van der Waals surface area (Å²) in [5.74, 6) is -0.349. The normalized spacial score (nSPS) is 19.6. The van der Waals surface area contributed by atoms with E-state index in [0.717, 1.165) is 24.9 Å². The lowest BCUT2D eigenvalue weighted by molar-refractivity contribution is -0.118. The van der Waals surface area contributed by atoms with E-state index in [1.54, 1.807) is 17.0 Å². The van der Waals surface area contributed by atoms with E-state index in [1.807, 2.05) is 6.92 Å². The molecule has 1 N–H and O–H groups in total. The fraction of sp³-hybridized carbons (Fsp3) is 0.500. The maximum absolute atomic E-state index is 13.8. The van der Waals surface area contributed by atoms with E-state index in [9.17, 15) is 9.18 Å². The average Bonchev–Trinajstić information content (AvgIpc) is 2.71. The third-order valence-electron chi connectivity index (χ3n) is 3.24. The standard InChI is InChI=1S/C14H19FN2O/c1-3-7-16-12-6-8-17(14(12)18)13-9-10(2)4-5-11(13)15/h4-5,9,12,16H,3,6-8H2,1-2H3. The highest BCUT2D eigenvalue weighted by Crippen LogP contribution is 2.25. The van der Waals surface area contributed by atoms with E-state index in [2.05, 4.69) is 12.2 Å². The Bertz CT molecular complexity index is 447. The number of hydrogen-bond donors (Lipinski definition) is 1. The van der Waals surface area contributed by atoms with E-state index >= 15 is 0 Å². The summed E-state index contributed by atoms with van der Waals surface area (Å²) in [7, 11) is 0. The van der Waals surface area contributed by atoms with Gasteiger partial charge in [0.2, 0.25) is 5.91 Å². The fourth-order valence-corrected chi connectivity index (χ4v) is 2.26. The minimum atomic E-state index is -0.329. The highest BCUT2D eigenvalue weighted by molar-refractivity contribution is 5.99. The zero-order valence-electron chi connectivity index (χ0n) is 10.9. The first-order valence-corrected chi connectivity index (χ1v) is 6.44. The number of carbonyl (C=O) groups is 1. The predicted molar refractivity (Wildman–Crippen MR) is 70.2 cm³/mol. The lowest BCUT2D eigenvalue weighted by Gasteiger charge is -2.18. The van der Waals surface area contributed by atoms with Gasteiger partial charge in [0.25, 0.3) is 0 Å². The molecule has 0 bridgehead atoms. The van der Waals surface area contributed by atoms with Gasteiger partial charge in [0.1, 0.15) is 5.82 Å². The van der Waals surface area contributed by atoms with Crippen molar-refractivity contribution in [3.8, 4) is 0 Å². The first-order chi connectivity index (χ1) is 8.63. The second kappa shape index (κ2) is 5.48. The molecule has 98 valence electrons. The molecule has 1 amide bonds. The van der Waals surface area contributed by atoms with Crippen LogP contribution in [0.2, 0.25) is 0 Å². The number of amides is 1. The molecule has 1 fully saturated rings. The summed E-state index contributed by atoms with van der Waals surface area (Å²) in [6.45, 7) is 5.36. The predicted octanol–water partition coefficient (Wildman–Crippen LogP) is 2.24. The number of nitrogens with zero attached hydrogens (tertiary/aromatic N) is 1. The van der Waals surface area contributed by atoms with Gasteiger partial charge in [0.05, 0.1) is 11.7 Å². The van der Waals surface area contributed by atoms with E-state index in [-0.39, 0.29) is 17.8 Å². The molecule has 1 aromatic carbocycles. The van der Waals surface area contributed by atoms with Gasteiger partial charge in [-0.1, -0.05) is 13.0 Å². The molecule has 2 rings (SSSR count). The molecule has 1 aliphatic rings. The van der Waals surface area contributed by atoms with Crippen LogP contribution in [-0.2, 0) is 4.79 Å². The molecule has 0 saturated carbocycles. The van der Waals surface area contributed by atoms with Crippen molar-refractivity contribution in [3.63, 3.8) is 0 Å². The van der Waals surface area contributed by atoms with Gasteiger partial charge in [0, 0.05) is 6.54 Å². The van der Waals surface area contributed by atoms with E-state index in [4.69, 9.17) is 0 Å². The highest BCUT2D eigenvalue weighted by Gasteiger charge is 2.33. The second-order valence-corrected chi connectivity index (χ2v) is 4.74. The third-order valence-corrected chi connectivity index (χ3v) is 3.24. The van der Waals surface area contributed by atoms with Gasteiger partial charge in [-0.15, -0.1) is 0 Å². The third kappa shape index (κ3) is 2.53. The van der Waals surface area contributed by atoms with Crippen molar-refractivity contribution < 1.29 is 9.18 Å². The molecule has 0 radical (unpaired) electrons. The maximum atomic E-state index is 13.8. The Morgan fingerprint density at radius 2 is 2.28 bits per heavy atom. The van der Waals surface area contributed by atoms with Crippen LogP contribution in [0.5, 0.6) is 0 Å². The number of benzene rings is 1. The van der Waals surface area contributed by atoms with E-state index in [0.29, 0.717) is 12.2 Å². The van der Waals surface area contributed by atoms with Gasteiger partial charge in [-0.3, -0.25) is 4.79 Å². The minimum Gasteiger partial charge on any atom is -0.308 e. The molecule has 1 heterocycles. The number of carbonyl (C=O) groups excluding carboxylic acids is 1. The fourth-order valence-electron chi connectivity index (χ4n) is 2.26. The van der Waals surface area contributed by atoms with Crippen LogP contribution in [0, 0.1) is 12.7 Å². The zero-order valence-corrected chi connectivity index (χ0v) is 10.9. The topological polar surface area (TPSA) is 32.3 Å². The smallest absolute Gasteiger partial charge is 0.244 e. The van der Waals surface area contributed by atoms with Gasteiger partial charge >= 0.3 is 0 Å². The summed E-state index contributed by atoms with van der Waals surface area (Å²) in [6, 6.07) is 4.71. The van der Waals surface area contributed by atoms with Gasteiger partial charge in [0.15, 0.2) is 0 Å². The number of anilines is 1. The van der Waals surface area contributed by atoms with Crippen LogP contribution in [-0.4, -0.2) is 25.0 Å². The first-order valence-electron chi connectivity index (χ1n) is 6.44. The highest BCUT2D eigenvalue weighted by atomic mass is 19.1. The molecule has 1 atom stereocenters. The Kier molecular flexibility index (Phi) is 3.97. The minimum absolute atomic E-state index is 0.0204. The number of nitrogens with one attached hydrogen (secondary N) is 1. The molecule has 4 heteroatoms. The van der Waals surface area contributed by atoms with Crippen molar-refractivity contribution in [3.05, 3.63) is 29.6 Å². The monoisotopic (exact) mass is 250 g/mol. The number of hydrogen-bond acceptors (Lipinski definition) is 2. The van der Waals surface area contributed by atoms with Crippen molar-refractivity contribution in [2.24, 2.45) is 0 Å². The molecule has 0 aliphatic carbocycles. The Balaban J connectivity index is 2.15. The molecule has 0 aromatic heterocycles. The summed E-state index contributed by atoms with van der Waals surface area (Å²) in [5, 5.41) is 3.20. The van der Waals surface area contributed by atoms with E-state index < -0.39 is 0 Å². The van der Waals surface area contributed by atoms with Crippen LogP contribution in [0.3, 0.4) is 0 Å². The summed E-state index contributed by atoms with van der Waals surface area (Å²) < 4.78 is 13.8. The maximum Gasteiger partial charge on any atom is 0.244 e. The quantitative estimate of drug-likeness (QED) is 0.888. The van der Waals surface area contributed by atoms with Crippen molar-refractivity contribution in [2.45, 2.75) is 32.7 Å². The number of aryl methyl sites for hydroxylation is 1. The molecule has 1 unspecified atom stereocenters. The van der Waals surface area contributed by atoms with Gasteiger partial charge < -0.3 is 10.2 Å². The number of rotatable bonds is 4. The largest absolute Gasteiger partial charge is 0.308 e. The lowest BCUT2D eigenvalue weighted by Crippen LogP contribution is -2.38. The second-order valence-electron chi connectivity index (χ2n) is 4.74. The van der Waals surface area contributed by atoms with Crippen LogP contribution in [0.1, 0.15) is 25.3 Å². The molecule has 0 spiro atoms. The van der Waals surface area contributed by atoms with Crippen LogP contribution < -0.4 is 10.2 Å². The summed E-state index contributed by atoms with van der Waals surface area (Å²) >= 11 is 0. The summed E-state index contributed by atoms with van der Waals surface area (Å²) in [5.41, 5.74) is 1.37. The average molecular weight is 250 g/mol. The molecular weight excluding hydrogens is 231 g/mol. The lowest BCUT2D eigenvalue weighted by atomic mass is 10.2. The Hall–Kier alpha value is -1.42. The van der Waals surface area contributed by atoms with Gasteiger partial charge in [-0.2, -0.15) is 0 Å². The molecule has 1 saturated heterocycles. The molecule has 18 heavy (non-hydrogen) atoms. The molecule has 1 aliphatic heterocycles. The summed E-state index contributed by atoms with van der Waals surface area (Å²) in [6.07, 6.45) is 1.73. The van der Waals surface area contributed by atoms with Gasteiger partial charge in [-0.05, 0) is 44.0 Å². The van der Waals surface area contributed by atoms with Crippen molar-refractivity contribution in [1.29, 1.82) is 0 Å². The Morgan fingerprint density at radius 3 is 3.00 bits per heavy atom. The zero-order chi connectivity index (χ0) is 13.1. The van der Waals surface area contributed by atoms with Crippen LogP contribution in [0.15, 0.2) is 18.2 Å². The SMILES string of the molecule is CCCNC1CCN(c2cc(C)ccc2F)C1=O. The Morgan fingerprint density at radius 1 is 1.50 bits per heavy atom. The first kappa shape index (κ1) is 13.0. The summed E-state index contributed by atoms with van der Waals surface area (Å²) in [4.78, 5) is 13.7. The van der Waals surface area contributed by atoms with Crippen molar-refractivity contribution in [2.75, 3.05) is 18.0 Å².